The predicted octanol–water partition coefficient (Wildman–Crippen LogP) is 4.76. The number of rotatable bonds is 7. The number of benzene rings is 3. The van der Waals surface area contributed by atoms with Crippen molar-refractivity contribution >= 4 is 23.3 Å². The SMILES string of the molecule is C/C(=N\NC(=O)c1ccccc1-n1cccc1)c1ccc(OC(=O)c2ccc([N+](=O)[O-])cc2)cc1. The van der Waals surface area contributed by atoms with Gasteiger partial charge in [-0.25, -0.2) is 10.2 Å². The van der Waals surface area contributed by atoms with Crippen molar-refractivity contribution in [3.63, 3.8) is 0 Å². The molecule has 4 rings (SSSR count). The molecule has 0 aliphatic heterocycles. The molecular weight excluding hydrogens is 448 g/mol. The van der Waals surface area contributed by atoms with Crippen LogP contribution in [0.1, 0.15) is 33.2 Å². The summed E-state index contributed by atoms with van der Waals surface area (Å²) in [5.74, 6) is -0.677. The molecule has 1 aromatic heterocycles. The Kier molecular flexibility index (Phi) is 6.78. The van der Waals surface area contributed by atoms with Gasteiger partial charge in [-0.05, 0) is 73.2 Å². The van der Waals surface area contributed by atoms with Crippen LogP contribution >= 0.6 is 0 Å². The minimum absolute atomic E-state index is 0.110. The van der Waals surface area contributed by atoms with Gasteiger partial charge in [-0.2, -0.15) is 5.10 Å². The molecule has 174 valence electrons. The first kappa shape index (κ1) is 23.1. The third-order valence-electron chi connectivity index (χ3n) is 5.15. The quantitative estimate of drug-likeness (QED) is 0.138. The van der Waals surface area contributed by atoms with E-state index in [0.717, 1.165) is 11.3 Å². The number of esters is 1. The van der Waals surface area contributed by atoms with Gasteiger partial charge in [0, 0.05) is 24.5 Å². The van der Waals surface area contributed by atoms with Crippen LogP contribution in [0, 0.1) is 10.1 Å². The van der Waals surface area contributed by atoms with E-state index in [2.05, 4.69) is 10.5 Å². The number of nitrogens with one attached hydrogen (secondary N) is 1. The molecule has 0 spiro atoms. The lowest BCUT2D eigenvalue weighted by Gasteiger charge is -2.10. The second kappa shape index (κ2) is 10.3. The number of nitro benzene ring substituents is 1. The van der Waals surface area contributed by atoms with Gasteiger partial charge in [0.15, 0.2) is 0 Å². The van der Waals surface area contributed by atoms with Gasteiger partial charge < -0.3 is 9.30 Å². The molecule has 0 aliphatic carbocycles. The van der Waals surface area contributed by atoms with Gasteiger partial charge in [-0.1, -0.05) is 12.1 Å². The van der Waals surface area contributed by atoms with Gasteiger partial charge in [0.2, 0.25) is 0 Å². The van der Waals surface area contributed by atoms with Gasteiger partial charge >= 0.3 is 5.97 Å². The molecule has 0 fully saturated rings. The number of hydrogen-bond acceptors (Lipinski definition) is 6. The summed E-state index contributed by atoms with van der Waals surface area (Å²) in [6.07, 6.45) is 3.72. The highest BCUT2D eigenvalue weighted by Gasteiger charge is 2.13. The summed E-state index contributed by atoms with van der Waals surface area (Å²) >= 11 is 0. The molecule has 9 heteroatoms. The summed E-state index contributed by atoms with van der Waals surface area (Å²) in [4.78, 5) is 35.2. The number of nitro groups is 1. The summed E-state index contributed by atoms with van der Waals surface area (Å²) in [6.45, 7) is 1.75. The average molecular weight is 468 g/mol. The van der Waals surface area contributed by atoms with Crippen LogP contribution in [-0.2, 0) is 0 Å². The predicted molar refractivity (Wildman–Crippen MR) is 130 cm³/mol. The third-order valence-corrected chi connectivity index (χ3v) is 5.15. The molecule has 4 aromatic rings. The van der Waals surface area contributed by atoms with E-state index in [-0.39, 0.29) is 17.2 Å². The molecule has 3 aromatic carbocycles. The summed E-state index contributed by atoms with van der Waals surface area (Å²) in [6, 6.07) is 22.7. The number of aromatic nitrogens is 1. The topological polar surface area (TPSA) is 116 Å². The number of para-hydroxylation sites is 1. The highest BCUT2D eigenvalue weighted by atomic mass is 16.6. The maximum atomic E-state index is 12.7. The van der Waals surface area contributed by atoms with Crippen molar-refractivity contribution in [1.29, 1.82) is 0 Å². The maximum Gasteiger partial charge on any atom is 0.343 e. The van der Waals surface area contributed by atoms with Crippen molar-refractivity contribution in [3.05, 3.63) is 124 Å². The van der Waals surface area contributed by atoms with Crippen LogP contribution in [-0.4, -0.2) is 27.1 Å². The van der Waals surface area contributed by atoms with Crippen LogP contribution in [0.3, 0.4) is 0 Å². The Labute approximate surface area is 200 Å². The van der Waals surface area contributed by atoms with Crippen molar-refractivity contribution < 1.29 is 19.2 Å². The van der Waals surface area contributed by atoms with E-state index < -0.39 is 10.9 Å². The van der Waals surface area contributed by atoms with E-state index in [1.54, 1.807) is 43.3 Å². The Morgan fingerprint density at radius 2 is 1.51 bits per heavy atom. The van der Waals surface area contributed by atoms with Crippen LogP contribution in [0.5, 0.6) is 5.75 Å². The van der Waals surface area contributed by atoms with E-state index in [1.807, 2.05) is 41.2 Å². The molecule has 0 aliphatic rings. The van der Waals surface area contributed by atoms with Crippen molar-refractivity contribution in [1.82, 2.24) is 9.99 Å². The fraction of sp³-hybridized carbons (Fsp3) is 0.0385. The summed E-state index contributed by atoms with van der Waals surface area (Å²) in [5.41, 5.74) is 5.17. The second-order valence-corrected chi connectivity index (χ2v) is 7.46. The number of carbonyl (C=O) groups is 2. The van der Waals surface area contributed by atoms with Crippen molar-refractivity contribution in [2.24, 2.45) is 5.10 Å². The lowest BCUT2D eigenvalue weighted by atomic mass is 10.1. The monoisotopic (exact) mass is 468 g/mol. The molecule has 1 heterocycles. The number of hydrogen-bond donors (Lipinski definition) is 1. The minimum Gasteiger partial charge on any atom is -0.423 e. The van der Waals surface area contributed by atoms with Crippen LogP contribution in [0.4, 0.5) is 5.69 Å². The number of ether oxygens (including phenoxy) is 1. The van der Waals surface area contributed by atoms with E-state index in [9.17, 15) is 19.7 Å². The van der Waals surface area contributed by atoms with Crippen molar-refractivity contribution in [2.75, 3.05) is 0 Å². The molecule has 9 nitrogen and oxygen atoms in total. The zero-order chi connectivity index (χ0) is 24.8. The van der Waals surface area contributed by atoms with Gasteiger partial charge in [0.05, 0.1) is 27.4 Å². The van der Waals surface area contributed by atoms with E-state index in [0.29, 0.717) is 17.0 Å². The molecule has 1 amide bonds. The standard InChI is InChI=1S/C26H20N4O5/c1-18(27-28-25(31)23-6-2-3-7-24(23)29-16-4-5-17-29)19-10-14-22(15-11-19)35-26(32)20-8-12-21(13-9-20)30(33)34/h2-17H,1H3,(H,28,31)/b27-18+. The number of hydrazone groups is 1. The molecule has 0 unspecified atom stereocenters. The number of non-ortho nitro benzene ring substituents is 1. The Bertz CT molecular complexity index is 1390. The third kappa shape index (κ3) is 5.48. The first-order chi connectivity index (χ1) is 16.9. The van der Waals surface area contributed by atoms with Crippen LogP contribution in [0.25, 0.3) is 5.69 Å². The highest BCUT2D eigenvalue weighted by Crippen LogP contribution is 2.18. The fourth-order valence-electron chi connectivity index (χ4n) is 3.29. The van der Waals surface area contributed by atoms with Gasteiger partial charge in [-0.15, -0.1) is 0 Å². The average Bonchev–Trinajstić information content (AvgIpc) is 3.42. The largest absolute Gasteiger partial charge is 0.423 e. The number of carbonyl (C=O) groups excluding carboxylic acids is 2. The Balaban J connectivity index is 1.40. The van der Waals surface area contributed by atoms with Crippen LogP contribution in [0.2, 0.25) is 0 Å². The smallest absolute Gasteiger partial charge is 0.343 e. The summed E-state index contributed by atoms with van der Waals surface area (Å²) in [5, 5.41) is 14.9. The van der Waals surface area contributed by atoms with Crippen molar-refractivity contribution in [2.45, 2.75) is 6.92 Å². The molecule has 0 radical (unpaired) electrons. The Morgan fingerprint density at radius 3 is 2.17 bits per heavy atom. The normalized spacial score (nSPS) is 11.1. The zero-order valence-electron chi connectivity index (χ0n) is 18.6. The van der Waals surface area contributed by atoms with Crippen molar-refractivity contribution in [3.8, 4) is 11.4 Å². The lowest BCUT2D eigenvalue weighted by Crippen LogP contribution is -2.21. The first-order valence-electron chi connectivity index (χ1n) is 10.6. The first-order valence-corrected chi connectivity index (χ1v) is 10.6. The van der Waals surface area contributed by atoms with E-state index in [4.69, 9.17) is 4.74 Å². The van der Waals surface area contributed by atoms with Gasteiger partial charge in [0.25, 0.3) is 11.6 Å². The van der Waals surface area contributed by atoms with E-state index in [1.165, 1.54) is 24.3 Å². The Morgan fingerprint density at radius 1 is 0.886 bits per heavy atom. The number of nitrogens with zero attached hydrogens (tertiary/aromatic N) is 3. The second-order valence-electron chi connectivity index (χ2n) is 7.46. The minimum atomic E-state index is -0.633. The highest BCUT2D eigenvalue weighted by molar-refractivity contribution is 6.02. The maximum absolute atomic E-state index is 12.7. The van der Waals surface area contributed by atoms with Gasteiger partial charge in [-0.3, -0.25) is 14.9 Å². The molecule has 0 saturated carbocycles. The molecular formula is C26H20N4O5. The Hall–Kier alpha value is -5.05. The van der Waals surface area contributed by atoms with Crippen LogP contribution < -0.4 is 10.2 Å². The summed E-state index contributed by atoms with van der Waals surface area (Å²) in [7, 11) is 0. The summed E-state index contributed by atoms with van der Waals surface area (Å²) < 4.78 is 7.17. The molecule has 0 atom stereocenters. The zero-order valence-corrected chi connectivity index (χ0v) is 18.6. The number of amides is 1. The molecule has 35 heavy (non-hydrogen) atoms. The van der Waals surface area contributed by atoms with Crippen LogP contribution in [0.15, 0.2) is 102 Å². The molecule has 0 bridgehead atoms. The molecule has 1 N–H and O–H groups in total. The molecule has 0 saturated heterocycles. The lowest BCUT2D eigenvalue weighted by molar-refractivity contribution is -0.384. The van der Waals surface area contributed by atoms with Gasteiger partial charge in [0.1, 0.15) is 5.75 Å². The fourth-order valence-corrected chi connectivity index (χ4v) is 3.29. The van der Waals surface area contributed by atoms with E-state index >= 15 is 0 Å².